The monoisotopic (exact) mass is 528 g/mol. The second-order valence-corrected chi connectivity index (χ2v) is 8.11. The van der Waals surface area contributed by atoms with Crippen molar-refractivity contribution in [3.05, 3.63) is 107 Å². The molecule has 0 fully saturated rings. The Labute approximate surface area is 220 Å². The Morgan fingerprint density at radius 2 is 0.949 bits per heavy atom. The fraction of sp³-hybridized carbons (Fsp3) is 0.0345. The van der Waals surface area contributed by atoms with Crippen LogP contribution in [0.2, 0.25) is 0 Å². The number of Topliss-reactive ketones (excluding diaryl/α,β-unsaturated/α-hetero) is 1. The van der Waals surface area contributed by atoms with Crippen LogP contribution in [0.25, 0.3) is 11.1 Å². The van der Waals surface area contributed by atoms with Gasteiger partial charge in [-0.15, -0.1) is 0 Å². The van der Waals surface area contributed by atoms with Crippen LogP contribution in [-0.2, 0) is 0 Å². The second-order valence-electron chi connectivity index (χ2n) is 8.11. The van der Waals surface area contributed by atoms with Crippen molar-refractivity contribution in [1.29, 1.82) is 0 Å². The van der Waals surface area contributed by atoms with Gasteiger partial charge < -0.3 is 29.9 Å². The molecule has 0 aliphatic carbocycles. The predicted octanol–water partition coefficient (Wildman–Crippen LogP) is 5.21. The van der Waals surface area contributed by atoms with Crippen LogP contribution in [0.1, 0.15) is 41.4 Å². The number of aliphatic hydroxyl groups excluding tert-OH is 1. The Hall–Kier alpha value is -5.48. The highest BCUT2D eigenvalue weighted by atomic mass is 16.5. The number of aliphatic hydroxyl groups is 1. The number of hydrogen-bond donors (Lipinski definition) is 4. The van der Waals surface area contributed by atoms with Gasteiger partial charge in [-0.25, -0.2) is 14.4 Å². The van der Waals surface area contributed by atoms with Crippen molar-refractivity contribution < 1.29 is 49.1 Å². The highest BCUT2D eigenvalue weighted by Crippen LogP contribution is 2.32. The Bertz CT molecular complexity index is 1570. The van der Waals surface area contributed by atoms with Crippen LogP contribution in [0, 0.1) is 0 Å². The van der Waals surface area contributed by atoms with Crippen molar-refractivity contribution in [3.8, 4) is 34.1 Å². The molecule has 4 aromatic carbocycles. The van der Waals surface area contributed by atoms with Crippen LogP contribution in [0.15, 0.2) is 84.9 Å². The minimum Gasteiger partial charge on any atom is -0.478 e. The maximum absolute atomic E-state index is 11.9. The van der Waals surface area contributed by atoms with Crippen molar-refractivity contribution in [2.75, 3.05) is 6.61 Å². The molecule has 39 heavy (non-hydrogen) atoms. The highest BCUT2D eigenvalue weighted by Gasteiger charge is 2.22. The number of carbonyl (C=O) groups is 4. The number of aromatic carboxylic acids is 3. The number of hydrogen-bond acceptors (Lipinski definition) is 7. The van der Waals surface area contributed by atoms with Gasteiger partial charge in [-0.1, -0.05) is 42.5 Å². The molecule has 10 nitrogen and oxygen atoms in total. The lowest BCUT2D eigenvalue weighted by molar-refractivity contribution is 0.0649. The van der Waals surface area contributed by atoms with Gasteiger partial charge >= 0.3 is 17.9 Å². The van der Waals surface area contributed by atoms with E-state index in [0.717, 1.165) is 11.1 Å². The summed E-state index contributed by atoms with van der Waals surface area (Å²) < 4.78 is 11.4. The summed E-state index contributed by atoms with van der Waals surface area (Å²) in [5, 5.41) is 37.5. The van der Waals surface area contributed by atoms with Crippen molar-refractivity contribution >= 4 is 23.7 Å². The summed E-state index contributed by atoms with van der Waals surface area (Å²) in [5.74, 6) is -4.47. The zero-order chi connectivity index (χ0) is 28.1. The molecule has 4 rings (SSSR count). The lowest BCUT2D eigenvalue weighted by atomic mass is 10.0. The molecule has 0 aromatic heterocycles. The number of benzene rings is 4. The summed E-state index contributed by atoms with van der Waals surface area (Å²) in [4.78, 5) is 46.7. The third-order valence-electron chi connectivity index (χ3n) is 5.65. The van der Waals surface area contributed by atoms with Gasteiger partial charge in [-0.3, -0.25) is 4.79 Å². The van der Waals surface area contributed by atoms with Gasteiger partial charge in [0.2, 0.25) is 0 Å². The van der Waals surface area contributed by atoms with Gasteiger partial charge in [0.1, 0.15) is 40.7 Å². The smallest absolute Gasteiger partial charge is 0.340 e. The lowest BCUT2D eigenvalue weighted by Crippen LogP contribution is -2.12. The largest absolute Gasteiger partial charge is 0.478 e. The van der Waals surface area contributed by atoms with E-state index in [-0.39, 0.29) is 28.2 Å². The number of rotatable bonds is 10. The normalized spacial score (nSPS) is 10.5. The van der Waals surface area contributed by atoms with Crippen molar-refractivity contribution in [3.63, 3.8) is 0 Å². The zero-order valence-electron chi connectivity index (χ0n) is 20.0. The van der Waals surface area contributed by atoms with E-state index in [9.17, 15) is 34.5 Å². The van der Waals surface area contributed by atoms with E-state index < -0.39 is 35.9 Å². The number of carboxylic acids is 3. The summed E-state index contributed by atoms with van der Waals surface area (Å²) in [6.07, 6.45) is 0. The van der Waals surface area contributed by atoms with Gasteiger partial charge in [-0.2, -0.15) is 0 Å². The zero-order valence-corrected chi connectivity index (χ0v) is 20.0. The average molecular weight is 528 g/mol. The molecule has 4 N–H and O–H groups in total. The number of ether oxygens (including phenoxy) is 2. The number of carboxylic acid groups (broad SMARTS) is 3. The molecular formula is C29H20O10. The van der Waals surface area contributed by atoms with Crippen LogP contribution < -0.4 is 9.47 Å². The molecule has 196 valence electrons. The predicted molar refractivity (Wildman–Crippen MR) is 137 cm³/mol. The van der Waals surface area contributed by atoms with E-state index in [4.69, 9.17) is 14.6 Å². The number of carbonyl (C=O) groups excluding carboxylic acids is 1. The van der Waals surface area contributed by atoms with E-state index in [1.54, 1.807) is 48.5 Å². The van der Waals surface area contributed by atoms with Crippen LogP contribution in [-0.4, -0.2) is 50.7 Å². The first kappa shape index (κ1) is 26.6. The topological polar surface area (TPSA) is 168 Å². The number of ketones is 1. The third kappa shape index (κ3) is 5.76. The molecular weight excluding hydrogens is 508 g/mol. The molecule has 4 aromatic rings. The van der Waals surface area contributed by atoms with Gasteiger partial charge in [0.05, 0.1) is 5.56 Å². The summed E-state index contributed by atoms with van der Waals surface area (Å²) in [7, 11) is 0. The van der Waals surface area contributed by atoms with Crippen LogP contribution in [0.5, 0.6) is 23.0 Å². The van der Waals surface area contributed by atoms with Gasteiger partial charge in [0, 0.05) is 5.56 Å². The molecule has 0 unspecified atom stereocenters. The molecule has 0 heterocycles. The van der Waals surface area contributed by atoms with Crippen molar-refractivity contribution in [2.45, 2.75) is 0 Å². The first-order valence-corrected chi connectivity index (χ1v) is 11.4. The van der Waals surface area contributed by atoms with E-state index in [1.165, 1.54) is 36.4 Å². The van der Waals surface area contributed by atoms with Gasteiger partial charge in [-0.05, 0) is 53.6 Å². The van der Waals surface area contributed by atoms with E-state index in [0.29, 0.717) is 11.5 Å². The van der Waals surface area contributed by atoms with Crippen LogP contribution in [0.3, 0.4) is 0 Å². The minimum absolute atomic E-state index is 0.0521. The first-order valence-electron chi connectivity index (χ1n) is 11.4. The fourth-order valence-electron chi connectivity index (χ4n) is 3.85. The lowest BCUT2D eigenvalue weighted by Gasteiger charge is -2.13. The van der Waals surface area contributed by atoms with Crippen molar-refractivity contribution in [2.24, 2.45) is 0 Å². The molecule has 0 aliphatic rings. The Morgan fingerprint density at radius 1 is 0.538 bits per heavy atom. The average Bonchev–Trinajstić information content (AvgIpc) is 2.93. The van der Waals surface area contributed by atoms with E-state index >= 15 is 0 Å². The summed E-state index contributed by atoms with van der Waals surface area (Å²) in [6.45, 7) is -0.836. The fourth-order valence-corrected chi connectivity index (χ4v) is 3.85. The summed E-state index contributed by atoms with van der Waals surface area (Å²) >= 11 is 0. The quantitative estimate of drug-likeness (QED) is 0.201. The van der Waals surface area contributed by atoms with E-state index in [2.05, 4.69) is 0 Å². The maximum Gasteiger partial charge on any atom is 0.340 e. The molecule has 0 spiro atoms. The Morgan fingerprint density at radius 3 is 1.33 bits per heavy atom. The molecule has 10 heteroatoms. The van der Waals surface area contributed by atoms with Crippen LogP contribution >= 0.6 is 0 Å². The molecule has 0 atom stereocenters. The molecule has 0 bridgehead atoms. The summed E-state index contributed by atoms with van der Waals surface area (Å²) in [5.41, 5.74) is 0.190. The Kier molecular flexibility index (Phi) is 7.69. The highest BCUT2D eigenvalue weighted by molar-refractivity contribution is 6.08. The molecule has 0 amide bonds. The molecule has 0 saturated carbocycles. The van der Waals surface area contributed by atoms with Crippen molar-refractivity contribution in [1.82, 2.24) is 0 Å². The third-order valence-corrected chi connectivity index (χ3v) is 5.65. The second kappa shape index (κ2) is 11.3. The molecule has 0 radical (unpaired) electrons. The minimum atomic E-state index is -1.43. The SMILES string of the molecule is O=C(O)c1cccc(Oc2ccc(-c3ccc(Oc4cccc(C(=O)CO)c4C(=O)O)cc3)cc2)c1C(=O)O. The molecule has 0 aliphatic heterocycles. The molecule has 0 saturated heterocycles. The maximum atomic E-state index is 11.9. The standard InChI is InChI=1S/C29H20O10/c30-15-22(31)20-3-1-5-23(25(20)28(34)35)38-18-11-7-16(8-12-18)17-9-13-19(14-10-17)39-24-6-2-4-21(27(32)33)26(24)29(36)37/h1-14,30H,15H2,(H,32,33)(H,34,35)(H,36,37). The Balaban J connectivity index is 1.53. The van der Waals surface area contributed by atoms with Crippen LogP contribution in [0.4, 0.5) is 0 Å². The summed E-state index contributed by atoms with van der Waals surface area (Å²) in [6, 6.07) is 21.4. The van der Waals surface area contributed by atoms with Gasteiger partial charge in [0.25, 0.3) is 0 Å². The van der Waals surface area contributed by atoms with Gasteiger partial charge in [0.15, 0.2) is 5.78 Å². The first-order chi connectivity index (χ1) is 18.7. The van der Waals surface area contributed by atoms with E-state index in [1.807, 2.05) is 0 Å².